The first kappa shape index (κ1) is 16.8. The molecule has 3 nitrogen and oxygen atoms in total. The molecule has 1 heterocycles. The van der Waals surface area contributed by atoms with Crippen molar-refractivity contribution in [1.29, 1.82) is 0 Å². The molecule has 0 bridgehead atoms. The van der Waals surface area contributed by atoms with E-state index in [1.54, 1.807) is 0 Å². The normalized spacial score (nSPS) is 21.6. The van der Waals surface area contributed by atoms with E-state index in [-0.39, 0.29) is 0 Å². The van der Waals surface area contributed by atoms with Gasteiger partial charge in [0.05, 0.1) is 0 Å². The van der Waals surface area contributed by atoms with Gasteiger partial charge in [-0.2, -0.15) is 0 Å². The first-order valence-electron chi connectivity index (χ1n) is 9.54. The second kappa shape index (κ2) is 8.16. The summed E-state index contributed by atoms with van der Waals surface area (Å²) in [5.74, 6) is 1.13. The molecule has 3 rings (SSSR count). The van der Waals surface area contributed by atoms with Gasteiger partial charge >= 0.3 is 0 Å². The zero-order valence-corrected chi connectivity index (χ0v) is 14.9. The Morgan fingerprint density at radius 3 is 2.65 bits per heavy atom. The van der Waals surface area contributed by atoms with Crippen LogP contribution < -0.4 is 4.74 Å². The van der Waals surface area contributed by atoms with Crippen LogP contribution in [0.5, 0.6) is 5.75 Å². The van der Waals surface area contributed by atoms with Crippen molar-refractivity contribution in [3.05, 3.63) is 29.3 Å². The Morgan fingerprint density at radius 1 is 1.13 bits per heavy atom. The third-order valence-corrected chi connectivity index (χ3v) is 5.59. The van der Waals surface area contributed by atoms with Crippen molar-refractivity contribution in [2.45, 2.75) is 52.0 Å². The van der Waals surface area contributed by atoms with Gasteiger partial charge in [-0.05, 0) is 69.1 Å². The summed E-state index contributed by atoms with van der Waals surface area (Å²) in [5.41, 5.74) is 3.01. The van der Waals surface area contributed by atoms with Crippen molar-refractivity contribution in [1.82, 2.24) is 9.80 Å². The van der Waals surface area contributed by atoms with Crippen LogP contribution in [0.2, 0.25) is 0 Å². The van der Waals surface area contributed by atoms with Crippen LogP contribution in [0.25, 0.3) is 0 Å². The standard InChI is InChI=1S/C20H32N2O/c1-3-21(4-2)15-16-23-20-10-8-9-17-18(20)11-12-19(17)22-13-6-5-7-14-22/h8-10,19H,3-7,11-16H2,1-2H3. The summed E-state index contributed by atoms with van der Waals surface area (Å²) in [5, 5.41) is 0. The molecule has 1 aromatic carbocycles. The average Bonchev–Trinajstić information content (AvgIpc) is 3.04. The molecule has 0 N–H and O–H groups in total. The van der Waals surface area contributed by atoms with Gasteiger partial charge in [-0.15, -0.1) is 0 Å². The summed E-state index contributed by atoms with van der Waals surface area (Å²) < 4.78 is 6.16. The zero-order chi connectivity index (χ0) is 16.1. The topological polar surface area (TPSA) is 15.7 Å². The zero-order valence-electron chi connectivity index (χ0n) is 14.9. The minimum Gasteiger partial charge on any atom is -0.492 e. The Kier molecular flexibility index (Phi) is 5.96. The maximum atomic E-state index is 6.16. The molecule has 1 aromatic rings. The van der Waals surface area contributed by atoms with E-state index in [1.165, 1.54) is 56.3 Å². The molecular formula is C20H32N2O. The molecule has 0 aromatic heterocycles. The molecule has 1 fully saturated rings. The Balaban J connectivity index is 1.64. The monoisotopic (exact) mass is 316 g/mol. The second-order valence-corrected chi connectivity index (χ2v) is 6.85. The summed E-state index contributed by atoms with van der Waals surface area (Å²) in [6, 6.07) is 7.32. The van der Waals surface area contributed by atoms with E-state index in [2.05, 4.69) is 41.8 Å². The van der Waals surface area contributed by atoms with E-state index in [4.69, 9.17) is 4.74 Å². The predicted octanol–water partition coefficient (Wildman–Crippen LogP) is 3.88. The highest BCUT2D eigenvalue weighted by Crippen LogP contribution is 2.41. The van der Waals surface area contributed by atoms with Crippen LogP contribution in [0, 0.1) is 0 Å². The number of likely N-dealkylation sites (N-methyl/N-ethyl adjacent to an activating group) is 1. The van der Waals surface area contributed by atoms with Gasteiger partial charge < -0.3 is 9.64 Å². The molecule has 0 saturated carbocycles. The fourth-order valence-electron chi connectivity index (χ4n) is 4.17. The Hall–Kier alpha value is -1.06. The predicted molar refractivity (Wildman–Crippen MR) is 96.2 cm³/mol. The van der Waals surface area contributed by atoms with Gasteiger partial charge in [0.25, 0.3) is 0 Å². The van der Waals surface area contributed by atoms with Crippen molar-refractivity contribution in [2.75, 3.05) is 39.3 Å². The lowest BCUT2D eigenvalue weighted by atomic mass is 10.0. The minimum absolute atomic E-state index is 0.636. The van der Waals surface area contributed by atoms with E-state index in [0.29, 0.717) is 6.04 Å². The van der Waals surface area contributed by atoms with Crippen LogP contribution >= 0.6 is 0 Å². The summed E-state index contributed by atoms with van der Waals surface area (Å²) in [6.45, 7) is 11.0. The van der Waals surface area contributed by atoms with E-state index in [1.807, 2.05) is 0 Å². The lowest BCUT2D eigenvalue weighted by molar-refractivity contribution is 0.163. The van der Waals surface area contributed by atoms with E-state index >= 15 is 0 Å². The van der Waals surface area contributed by atoms with Crippen molar-refractivity contribution in [2.24, 2.45) is 0 Å². The fourth-order valence-corrected chi connectivity index (χ4v) is 4.17. The maximum absolute atomic E-state index is 6.16. The number of likely N-dealkylation sites (tertiary alicyclic amines) is 1. The number of fused-ring (bicyclic) bond motifs is 1. The molecule has 1 unspecified atom stereocenters. The lowest BCUT2D eigenvalue weighted by Crippen LogP contribution is -2.32. The summed E-state index contributed by atoms with van der Waals surface area (Å²) in [7, 11) is 0. The Labute approximate surface area is 141 Å². The number of benzene rings is 1. The van der Waals surface area contributed by atoms with E-state index < -0.39 is 0 Å². The quantitative estimate of drug-likeness (QED) is 0.759. The third kappa shape index (κ3) is 3.89. The molecule has 0 spiro atoms. The number of piperidine rings is 1. The van der Waals surface area contributed by atoms with Crippen LogP contribution in [0.15, 0.2) is 18.2 Å². The van der Waals surface area contributed by atoms with E-state index in [9.17, 15) is 0 Å². The smallest absolute Gasteiger partial charge is 0.122 e. The summed E-state index contributed by atoms with van der Waals surface area (Å²) >= 11 is 0. The van der Waals surface area contributed by atoms with Gasteiger partial charge in [-0.25, -0.2) is 0 Å². The molecule has 1 aliphatic heterocycles. The highest BCUT2D eigenvalue weighted by Gasteiger charge is 2.30. The molecule has 0 radical (unpaired) electrons. The van der Waals surface area contributed by atoms with Crippen molar-refractivity contribution >= 4 is 0 Å². The van der Waals surface area contributed by atoms with Gasteiger partial charge in [0.1, 0.15) is 12.4 Å². The number of nitrogens with zero attached hydrogens (tertiary/aromatic N) is 2. The van der Waals surface area contributed by atoms with Crippen molar-refractivity contribution < 1.29 is 4.74 Å². The average molecular weight is 316 g/mol. The number of rotatable bonds is 7. The van der Waals surface area contributed by atoms with Gasteiger partial charge in [0, 0.05) is 12.6 Å². The third-order valence-electron chi connectivity index (χ3n) is 5.59. The SMILES string of the molecule is CCN(CC)CCOc1cccc2c1CCC2N1CCCCC1. The molecule has 1 saturated heterocycles. The van der Waals surface area contributed by atoms with Gasteiger partial charge in [-0.3, -0.25) is 4.90 Å². The molecule has 1 aliphatic carbocycles. The first-order valence-corrected chi connectivity index (χ1v) is 9.54. The van der Waals surface area contributed by atoms with Crippen molar-refractivity contribution in [3.63, 3.8) is 0 Å². The van der Waals surface area contributed by atoms with Crippen molar-refractivity contribution in [3.8, 4) is 5.75 Å². The second-order valence-electron chi connectivity index (χ2n) is 6.85. The molecular weight excluding hydrogens is 284 g/mol. The molecule has 0 amide bonds. The molecule has 1 atom stereocenters. The number of hydrogen-bond acceptors (Lipinski definition) is 3. The molecule has 3 heteroatoms. The molecule has 2 aliphatic rings. The van der Waals surface area contributed by atoms with E-state index in [0.717, 1.165) is 32.0 Å². The first-order chi connectivity index (χ1) is 11.3. The summed E-state index contributed by atoms with van der Waals surface area (Å²) in [4.78, 5) is 5.12. The highest BCUT2D eigenvalue weighted by atomic mass is 16.5. The Morgan fingerprint density at radius 2 is 1.91 bits per heavy atom. The summed E-state index contributed by atoms with van der Waals surface area (Å²) in [6.07, 6.45) is 6.59. The molecule has 23 heavy (non-hydrogen) atoms. The largest absolute Gasteiger partial charge is 0.492 e. The van der Waals surface area contributed by atoms with Gasteiger partial charge in [0.15, 0.2) is 0 Å². The number of ether oxygens (including phenoxy) is 1. The van der Waals surface area contributed by atoms with Crippen LogP contribution in [0.1, 0.15) is 56.7 Å². The van der Waals surface area contributed by atoms with Crippen LogP contribution in [-0.4, -0.2) is 49.1 Å². The van der Waals surface area contributed by atoms with Crippen LogP contribution in [0.4, 0.5) is 0 Å². The minimum atomic E-state index is 0.636. The Bertz CT molecular complexity index is 492. The maximum Gasteiger partial charge on any atom is 0.122 e. The van der Waals surface area contributed by atoms with Gasteiger partial charge in [0.2, 0.25) is 0 Å². The number of hydrogen-bond donors (Lipinski definition) is 0. The van der Waals surface area contributed by atoms with Crippen LogP contribution in [-0.2, 0) is 6.42 Å². The lowest BCUT2D eigenvalue weighted by Gasteiger charge is -2.32. The molecule has 128 valence electrons. The highest BCUT2D eigenvalue weighted by molar-refractivity contribution is 5.45. The van der Waals surface area contributed by atoms with Gasteiger partial charge in [-0.1, -0.05) is 32.4 Å². The fraction of sp³-hybridized carbons (Fsp3) is 0.700. The van der Waals surface area contributed by atoms with Crippen LogP contribution in [0.3, 0.4) is 0 Å².